The van der Waals surface area contributed by atoms with E-state index in [1.807, 2.05) is 19.1 Å². The van der Waals surface area contributed by atoms with E-state index in [4.69, 9.17) is 14.2 Å². The third-order valence-electron chi connectivity index (χ3n) is 5.86. The van der Waals surface area contributed by atoms with Gasteiger partial charge in [0, 0.05) is 6.54 Å². The van der Waals surface area contributed by atoms with Gasteiger partial charge in [0.1, 0.15) is 5.75 Å². The molecule has 1 aromatic heterocycles. The molecule has 1 amide bonds. The minimum atomic E-state index is -0.803. The number of aliphatic hydroxyl groups excluding tert-OH is 1. The minimum Gasteiger partial charge on any atom is -0.503 e. The number of fused-ring (bicyclic) bond motifs is 1. The molecule has 34 heavy (non-hydrogen) atoms. The number of Topliss-reactive ketones (excluding diaryl/α,β-unsaturated/α-hetero) is 1. The lowest BCUT2D eigenvalue weighted by Crippen LogP contribution is -2.30. The molecule has 0 radical (unpaired) electrons. The van der Waals surface area contributed by atoms with Crippen LogP contribution < -0.4 is 14.2 Å². The Morgan fingerprint density at radius 3 is 2.74 bits per heavy atom. The third-order valence-corrected chi connectivity index (χ3v) is 6.93. The monoisotopic (exact) mass is 478 g/mol. The van der Waals surface area contributed by atoms with Gasteiger partial charge >= 0.3 is 0 Å². The average molecular weight is 479 g/mol. The van der Waals surface area contributed by atoms with E-state index in [1.54, 1.807) is 44.4 Å². The number of ketones is 1. The number of methoxy groups -OCH3 is 1. The van der Waals surface area contributed by atoms with Crippen LogP contribution in [0.25, 0.3) is 0 Å². The first-order chi connectivity index (χ1) is 16.4. The lowest BCUT2D eigenvalue weighted by Gasteiger charge is -2.27. The largest absolute Gasteiger partial charge is 0.503 e. The molecule has 0 aliphatic carbocycles. The molecule has 9 heteroatoms. The number of hydrogen-bond donors (Lipinski definition) is 1. The van der Waals surface area contributed by atoms with Crippen molar-refractivity contribution in [2.24, 2.45) is 0 Å². The molecule has 0 spiro atoms. The van der Waals surface area contributed by atoms with Gasteiger partial charge in [0.15, 0.2) is 17.3 Å². The van der Waals surface area contributed by atoms with Crippen LogP contribution in [-0.4, -0.2) is 40.6 Å². The van der Waals surface area contributed by atoms with Crippen molar-refractivity contribution in [1.29, 1.82) is 0 Å². The summed E-state index contributed by atoms with van der Waals surface area (Å²) in [5.74, 6) is 0.225. The molecule has 3 heterocycles. The van der Waals surface area contributed by atoms with Crippen LogP contribution in [0.5, 0.6) is 17.2 Å². The van der Waals surface area contributed by atoms with E-state index in [0.717, 1.165) is 10.6 Å². The fourth-order valence-electron chi connectivity index (χ4n) is 4.31. The highest BCUT2D eigenvalue weighted by molar-refractivity contribution is 7.14. The second-order valence-corrected chi connectivity index (χ2v) is 9.24. The molecule has 2 aromatic carbocycles. The van der Waals surface area contributed by atoms with Gasteiger partial charge in [-0.25, -0.2) is 4.98 Å². The molecule has 0 bridgehead atoms. The van der Waals surface area contributed by atoms with Crippen LogP contribution in [0.4, 0.5) is 0 Å². The minimum absolute atomic E-state index is 0.0331. The maximum absolute atomic E-state index is 13.6. The van der Waals surface area contributed by atoms with E-state index < -0.39 is 23.5 Å². The van der Waals surface area contributed by atoms with Crippen LogP contribution in [-0.2, 0) is 11.3 Å². The summed E-state index contributed by atoms with van der Waals surface area (Å²) in [4.78, 5) is 33.2. The number of thiazole rings is 1. The summed E-state index contributed by atoms with van der Waals surface area (Å²) in [5.41, 5.74) is 2.03. The first-order valence-electron chi connectivity index (χ1n) is 10.6. The molecular weight excluding hydrogens is 456 g/mol. The van der Waals surface area contributed by atoms with Crippen LogP contribution >= 0.6 is 11.3 Å². The molecule has 0 saturated carbocycles. The Morgan fingerprint density at radius 2 is 2.00 bits per heavy atom. The van der Waals surface area contributed by atoms with Gasteiger partial charge in [-0.3, -0.25) is 9.59 Å². The number of carbonyl (C=O) groups is 2. The number of carbonyl (C=O) groups excluding carboxylic acids is 2. The highest BCUT2D eigenvalue weighted by Crippen LogP contribution is 2.42. The van der Waals surface area contributed by atoms with Crippen molar-refractivity contribution in [1.82, 2.24) is 9.88 Å². The molecule has 1 atom stereocenters. The molecule has 1 N–H and O–H groups in total. The first kappa shape index (κ1) is 22.0. The molecule has 5 rings (SSSR count). The molecule has 8 nitrogen and oxygen atoms in total. The maximum atomic E-state index is 13.6. The second kappa shape index (κ2) is 8.49. The summed E-state index contributed by atoms with van der Waals surface area (Å²) in [6.45, 7) is 3.85. The summed E-state index contributed by atoms with van der Waals surface area (Å²) in [5, 5.41) is 11.7. The Kier molecular flexibility index (Phi) is 5.49. The smallest absolute Gasteiger partial charge is 0.290 e. The summed E-state index contributed by atoms with van der Waals surface area (Å²) in [6, 6.07) is 11.7. The number of aromatic nitrogens is 1. The molecule has 3 aromatic rings. The lowest BCUT2D eigenvalue weighted by molar-refractivity contribution is -0.130. The zero-order valence-electron chi connectivity index (χ0n) is 18.8. The number of hydrogen-bond acceptors (Lipinski definition) is 8. The van der Waals surface area contributed by atoms with Crippen LogP contribution in [0, 0.1) is 13.8 Å². The topological polar surface area (TPSA) is 98.2 Å². The van der Waals surface area contributed by atoms with E-state index in [9.17, 15) is 14.7 Å². The van der Waals surface area contributed by atoms with Crippen LogP contribution in [0.2, 0.25) is 0 Å². The van der Waals surface area contributed by atoms with E-state index >= 15 is 0 Å². The zero-order valence-corrected chi connectivity index (χ0v) is 19.6. The fraction of sp³-hybridized carbons (Fsp3) is 0.240. The molecule has 1 unspecified atom stereocenters. The fourth-order valence-corrected chi connectivity index (χ4v) is 5.18. The van der Waals surface area contributed by atoms with Gasteiger partial charge in [-0.05, 0) is 49.2 Å². The third kappa shape index (κ3) is 3.67. The summed E-state index contributed by atoms with van der Waals surface area (Å²) < 4.78 is 16.2. The average Bonchev–Trinajstić information content (AvgIpc) is 3.50. The van der Waals surface area contributed by atoms with Gasteiger partial charge in [-0.15, -0.1) is 11.3 Å². The number of nitrogens with zero attached hydrogens (tertiary/aromatic N) is 2. The predicted octanol–water partition coefficient (Wildman–Crippen LogP) is 4.28. The van der Waals surface area contributed by atoms with Crippen molar-refractivity contribution in [3.63, 3.8) is 0 Å². The zero-order chi connectivity index (χ0) is 24.0. The van der Waals surface area contributed by atoms with Crippen molar-refractivity contribution in [2.75, 3.05) is 13.9 Å². The molecule has 2 aliphatic rings. The van der Waals surface area contributed by atoms with Gasteiger partial charge in [0.2, 0.25) is 12.6 Å². The summed E-state index contributed by atoms with van der Waals surface area (Å²) >= 11 is 1.25. The van der Waals surface area contributed by atoms with Gasteiger partial charge in [0.25, 0.3) is 5.91 Å². The Bertz CT molecular complexity index is 1340. The number of amides is 1. The van der Waals surface area contributed by atoms with Gasteiger partial charge in [-0.2, -0.15) is 0 Å². The van der Waals surface area contributed by atoms with Crippen LogP contribution in [0.1, 0.15) is 37.5 Å². The van der Waals surface area contributed by atoms with Gasteiger partial charge in [0.05, 0.1) is 34.3 Å². The Morgan fingerprint density at radius 1 is 1.21 bits per heavy atom. The number of rotatable bonds is 6. The van der Waals surface area contributed by atoms with Crippen molar-refractivity contribution in [2.45, 2.75) is 26.4 Å². The van der Waals surface area contributed by atoms with Crippen molar-refractivity contribution < 1.29 is 28.9 Å². The maximum Gasteiger partial charge on any atom is 0.290 e. The molecular formula is C25H22N2O6S. The van der Waals surface area contributed by atoms with E-state index in [2.05, 4.69) is 4.98 Å². The standard InChI is InChI=1S/C25H22N2O6S/c1-13-24(34-14(2)26-13)22(28)20-21(16-5-4-6-17(10-16)31-3)27(25(30)23(20)29)11-15-7-8-18-19(9-15)33-12-32-18/h4-10,21,29H,11-12H2,1-3H3. The molecule has 0 fully saturated rings. The number of aryl methyl sites for hydroxylation is 2. The van der Waals surface area contributed by atoms with Gasteiger partial charge in [-0.1, -0.05) is 18.2 Å². The number of benzene rings is 2. The lowest BCUT2D eigenvalue weighted by atomic mass is 9.94. The van der Waals surface area contributed by atoms with E-state index in [0.29, 0.717) is 33.4 Å². The Labute approximate surface area is 200 Å². The summed E-state index contributed by atoms with van der Waals surface area (Å²) in [6.07, 6.45) is 0. The van der Waals surface area contributed by atoms with Crippen molar-refractivity contribution in [3.8, 4) is 17.2 Å². The highest BCUT2D eigenvalue weighted by Gasteiger charge is 2.44. The van der Waals surface area contributed by atoms with Crippen molar-refractivity contribution >= 4 is 23.0 Å². The van der Waals surface area contributed by atoms with Crippen LogP contribution in [0.3, 0.4) is 0 Å². The first-order valence-corrected chi connectivity index (χ1v) is 11.4. The SMILES string of the molecule is COc1cccc(C2C(C(=O)c3sc(C)nc3C)=C(O)C(=O)N2Cc2ccc3c(c2)OCO3)c1. The number of ether oxygens (including phenoxy) is 3. The normalized spacial score (nSPS) is 17.0. The molecule has 2 aliphatic heterocycles. The summed E-state index contributed by atoms with van der Waals surface area (Å²) in [7, 11) is 1.55. The van der Waals surface area contributed by atoms with Gasteiger partial charge < -0.3 is 24.2 Å². The molecule has 174 valence electrons. The van der Waals surface area contributed by atoms with E-state index in [-0.39, 0.29) is 18.9 Å². The van der Waals surface area contributed by atoms with Crippen LogP contribution in [0.15, 0.2) is 53.8 Å². The highest BCUT2D eigenvalue weighted by atomic mass is 32.1. The van der Waals surface area contributed by atoms with Crippen molar-refractivity contribution in [3.05, 3.63) is 80.5 Å². The Balaban J connectivity index is 1.59. The van der Waals surface area contributed by atoms with E-state index in [1.165, 1.54) is 16.2 Å². The Hall–Kier alpha value is -3.85. The second-order valence-electron chi connectivity index (χ2n) is 8.04. The molecule has 0 saturated heterocycles. The predicted molar refractivity (Wildman–Crippen MR) is 124 cm³/mol. The quantitative estimate of drug-likeness (QED) is 0.528. The number of aliphatic hydroxyl groups is 1.